The summed E-state index contributed by atoms with van der Waals surface area (Å²) < 4.78 is 6.62. The second-order valence-electron chi connectivity index (χ2n) is 10.7. The normalized spacial score (nSPS) is 12.6. The van der Waals surface area contributed by atoms with Crippen LogP contribution in [0.2, 0.25) is 0 Å². The molecular weight excluding hydrogens is 678 g/mol. The summed E-state index contributed by atoms with van der Waals surface area (Å²) in [6.07, 6.45) is 0. The SMILES string of the molecule is [Pb][c]1cccc2c3cccc(-c4ccccc4)c3n(B3c4ccccc4-n4c5ccccc5c5cccc3c54)c12. The minimum absolute atomic E-state index is 0.0525. The summed E-state index contributed by atoms with van der Waals surface area (Å²) in [5, 5.41) is 5.30. The van der Waals surface area contributed by atoms with Crippen LogP contribution in [0.3, 0.4) is 0 Å². The fourth-order valence-corrected chi connectivity index (χ4v) is 8.51. The van der Waals surface area contributed by atoms with Crippen molar-refractivity contribution in [2.75, 3.05) is 0 Å². The molecule has 1 aliphatic rings. The van der Waals surface area contributed by atoms with Crippen molar-refractivity contribution in [1.29, 1.82) is 0 Å². The molecular formula is C36H22BN2Pb. The van der Waals surface area contributed by atoms with Crippen LogP contribution in [0.1, 0.15) is 0 Å². The van der Waals surface area contributed by atoms with E-state index >= 15 is 0 Å². The third-order valence-corrected chi connectivity index (χ3v) is 10.2. The molecule has 0 saturated heterocycles. The van der Waals surface area contributed by atoms with E-state index in [-0.39, 0.29) is 6.85 Å². The van der Waals surface area contributed by atoms with Crippen molar-refractivity contribution >= 4 is 90.3 Å². The van der Waals surface area contributed by atoms with Crippen molar-refractivity contribution in [3.05, 3.63) is 133 Å². The van der Waals surface area contributed by atoms with Gasteiger partial charge in [0.25, 0.3) is 0 Å². The molecule has 0 unspecified atom stereocenters. The summed E-state index contributed by atoms with van der Waals surface area (Å²) in [4.78, 5) is 0. The number of aromatic nitrogens is 2. The van der Waals surface area contributed by atoms with Gasteiger partial charge >= 0.3 is 250 Å². The average molecular weight is 701 g/mol. The second-order valence-corrected chi connectivity index (χ2v) is 12.8. The van der Waals surface area contributed by atoms with Crippen LogP contribution in [0.15, 0.2) is 133 Å². The van der Waals surface area contributed by atoms with Crippen molar-refractivity contribution in [2.45, 2.75) is 0 Å². The molecule has 0 fully saturated rings. The molecule has 2 aromatic heterocycles. The molecule has 2 nitrogen and oxygen atoms in total. The molecule has 4 heteroatoms. The van der Waals surface area contributed by atoms with Gasteiger partial charge in [-0.2, -0.15) is 0 Å². The zero-order valence-corrected chi connectivity index (χ0v) is 25.6. The molecule has 0 atom stereocenters. The first-order valence-corrected chi connectivity index (χ1v) is 15.7. The quantitative estimate of drug-likeness (QED) is 0.187. The number of nitrogens with zero attached hydrogens (tertiary/aromatic N) is 2. The van der Waals surface area contributed by atoms with E-state index in [0.717, 1.165) is 25.8 Å². The molecule has 3 heterocycles. The van der Waals surface area contributed by atoms with Crippen molar-refractivity contribution in [3.8, 4) is 16.8 Å². The third kappa shape index (κ3) is 2.93. The number of fused-ring (bicyclic) bond motifs is 8. The first-order valence-electron chi connectivity index (χ1n) is 13.8. The Morgan fingerprint density at radius 1 is 0.475 bits per heavy atom. The Labute approximate surface area is 248 Å². The predicted octanol–water partition coefficient (Wildman–Crippen LogP) is 6.32. The minimum atomic E-state index is 0.0525. The van der Waals surface area contributed by atoms with Gasteiger partial charge < -0.3 is 0 Å². The predicted molar refractivity (Wildman–Crippen MR) is 171 cm³/mol. The number of hydrogen-bond donors (Lipinski definition) is 0. The summed E-state index contributed by atoms with van der Waals surface area (Å²) in [6.45, 7) is 0.0525. The maximum absolute atomic E-state index is 2.68. The third-order valence-electron chi connectivity index (χ3n) is 8.68. The first-order chi connectivity index (χ1) is 19.8. The number of benzene rings is 6. The van der Waals surface area contributed by atoms with Gasteiger partial charge in [0.2, 0.25) is 0 Å². The Balaban J connectivity index is 1.52. The maximum atomic E-state index is 2.68. The van der Waals surface area contributed by atoms with E-state index in [4.69, 9.17) is 0 Å². The summed E-state index contributed by atoms with van der Waals surface area (Å²) in [5.74, 6) is 0. The van der Waals surface area contributed by atoms with E-state index in [1.165, 1.54) is 74.5 Å². The molecule has 1 aliphatic heterocycles. The van der Waals surface area contributed by atoms with Gasteiger partial charge in [-0.1, -0.05) is 0 Å². The van der Waals surface area contributed by atoms with E-state index in [2.05, 4.69) is 143 Å². The zero-order valence-electron chi connectivity index (χ0n) is 21.7. The van der Waals surface area contributed by atoms with E-state index in [9.17, 15) is 0 Å². The van der Waals surface area contributed by atoms with Crippen LogP contribution < -0.4 is 14.0 Å². The van der Waals surface area contributed by atoms with Crippen LogP contribution in [-0.4, -0.2) is 41.7 Å². The first kappa shape index (κ1) is 22.7. The van der Waals surface area contributed by atoms with E-state index in [1.54, 1.807) is 0 Å². The van der Waals surface area contributed by atoms with E-state index in [1.807, 2.05) is 0 Å². The fraction of sp³-hybridized carbons (Fsp3) is 0. The van der Waals surface area contributed by atoms with Gasteiger partial charge in [-0.15, -0.1) is 0 Å². The zero-order chi connectivity index (χ0) is 26.4. The van der Waals surface area contributed by atoms with Crippen molar-refractivity contribution < 1.29 is 0 Å². The fourth-order valence-electron chi connectivity index (χ4n) is 7.15. The summed E-state index contributed by atoms with van der Waals surface area (Å²) in [7, 11) is 0. The Morgan fingerprint density at radius 3 is 1.98 bits per heavy atom. The molecule has 0 saturated carbocycles. The van der Waals surface area contributed by atoms with Gasteiger partial charge in [0.1, 0.15) is 0 Å². The van der Waals surface area contributed by atoms with E-state index in [0.29, 0.717) is 0 Å². The van der Waals surface area contributed by atoms with Crippen LogP contribution in [0.5, 0.6) is 0 Å². The molecule has 0 amide bonds. The summed E-state index contributed by atoms with van der Waals surface area (Å²) >= 11 is 0.976. The number of hydrogen-bond acceptors (Lipinski definition) is 0. The molecule has 8 aromatic rings. The summed E-state index contributed by atoms with van der Waals surface area (Å²) in [5.41, 5.74) is 11.8. The van der Waals surface area contributed by atoms with Gasteiger partial charge in [-0.3, -0.25) is 0 Å². The van der Waals surface area contributed by atoms with Gasteiger partial charge in [-0.05, 0) is 0 Å². The van der Waals surface area contributed by atoms with Gasteiger partial charge in [-0.25, -0.2) is 0 Å². The Bertz CT molecular complexity index is 2290. The molecule has 183 valence electrons. The number of rotatable bonds is 2. The molecule has 0 N–H and O–H groups in total. The van der Waals surface area contributed by atoms with E-state index < -0.39 is 0 Å². The second kappa shape index (κ2) is 8.45. The molecule has 40 heavy (non-hydrogen) atoms. The van der Waals surface area contributed by atoms with Crippen LogP contribution in [0.25, 0.3) is 60.4 Å². The van der Waals surface area contributed by atoms with Crippen LogP contribution >= 0.6 is 0 Å². The van der Waals surface area contributed by atoms with Gasteiger partial charge in [0.15, 0.2) is 0 Å². The molecule has 6 aromatic carbocycles. The van der Waals surface area contributed by atoms with Crippen LogP contribution in [0.4, 0.5) is 0 Å². The topological polar surface area (TPSA) is 9.86 Å². The van der Waals surface area contributed by atoms with Crippen LogP contribution in [0, 0.1) is 0 Å². The Morgan fingerprint density at radius 2 is 1.10 bits per heavy atom. The average Bonchev–Trinajstić information content (AvgIpc) is 3.53. The molecule has 0 spiro atoms. The molecule has 3 radical (unpaired) electrons. The molecule has 0 aliphatic carbocycles. The van der Waals surface area contributed by atoms with Gasteiger partial charge in [0.05, 0.1) is 0 Å². The molecule has 0 bridgehead atoms. The van der Waals surface area contributed by atoms with Crippen molar-refractivity contribution in [3.63, 3.8) is 0 Å². The summed E-state index contributed by atoms with van der Waals surface area (Å²) in [6, 6.07) is 49.4. The Hall–Kier alpha value is -4.09. The van der Waals surface area contributed by atoms with Crippen molar-refractivity contribution in [2.24, 2.45) is 0 Å². The van der Waals surface area contributed by atoms with Crippen molar-refractivity contribution in [1.82, 2.24) is 9.05 Å². The Kier molecular flexibility index (Phi) is 4.80. The monoisotopic (exact) mass is 701 g/mol. The van der Waals surface area contributed by atoms with Gasteiger partial charge in [0, 0.05) is 0 Å². The van der Waals surface area contributed by atoms with Crippen LogP contribution in [-0.2, 0) is 0 Å². The number of para-hydroxylation sites is 5. The molecule has 9 rings (SSSR count). The standard InChI is InChI=1S/C36H22BN2.Pb/c1-2-12-24(13-3-1)25-16-10-17-28-27-15-5-8-22-33(27)39(35(25)28)37-30-19-6-9-23-34(30)38-32-21-7-4-14-26(32)29-18-11-20-31(37)36(29)38;/h1-21,23H;.